The van der Waals surface area contributed by atoms with E-state index in [-0.39, 0.29) is 13.2 Å². The van der Waals surface area contributed by atoms with Crippen LogP contribution in [0.15, 0.2) is 41.0 Å². The largest absolute Gasteiger partial charge is 0.482 e. The van der Waals surface area contributed by atoms with Gasteiger partial charge in [-0.15, -0.1) is 0 Å². The first-order chi connectivity index (χ1) is 11.5. The molecule has 0 saturated carbocycles. The summed E-state index contributed by atoms with van der Waals surface area (Å²) >= 11 is 5.92. The summed E-state index contributed by atoms with van der Waals surface area (Å²) in [6, 6.07) is 8.51. The van der Waals surface area contributed by atoms with Gasteiger partial charge in [0.15, 0.2) is 12.7 Å². The molecule has 0 saturated heterocycles. The van der Waals surface area contributed by atoms with Gasteiger partial charge in [0.05, 0.1) is 12.8 Å². The number of carbonyl (C=O) groups is 2. The molecule has 2 aromatic rings. The van der Waals surface area contributed by atoms with Gasteiger partial charge in [-0.2, -0.15) is 0 Å². The summed E-state index contributed by atoms with van der Waals surface area (Å²) in [6.45, 7) is 3.26. The van der Waals surface area contributed by atoms with Crippen molar-refractivity contribution in [3.63, 3.8) is 0 Å². The highest BCUT2D eigenvalue weighted by Crippen LogP contribution is 2.20. The van der Waals surface area contributed by atoms with Crippen LogP contribution >= 0.6 is 11.6 Å². The average Bonchev–Trinajstić information content (AvgIpc) is 3.07. The van der Waals surface area contributed by atoms with E-state index in [4.69, 9.17) is 25.5 Å². The maximum atomic E-state index is 11.8. The van der Waals surface area contributed by atoms with E-state index >= 15 is 0 Å². The number of amides is 1. The zero-order valence-corrected chi connectivity index (χ0v) is 14.1. The number of aryl methyl sites for hydroxylation is 1. The van der Waals surface area contributed by atoms with Gasteiger partial charge >= 0.3 is 5.97 Å². The second-order valence-corrected chi connectivity index (χ2v) is 5.54. The molecule has 128 valence electrons. The molecule has 0 bridgehead atoms. The third-order valence-electron chi connectivity index (χ3n) is 3.18. The van der Waals surface area contributed by atoms with Crippen molar-refractivity contribution in [2.45, 2.75) is 26.5 Å². The highest BCUT2D eigenvalue weighted by Gasteiger charge is 2.18. The van der Waals surface area contributed by atoms with Gasteiger partial charge in [0.1, 0.15) is 11.5 Å². The topological polar surface area (TPSA) is 77.8 Å². The van der Waals surface area contributed by atoms with Crippen molar-refractivity contribution in [1.29, 1.82) is 0 Å². The lowest BCUT2D eigenvalue weighted by molar-refractivity contribution is -0.156. The molecule has 1 aromatic carbocycles. The van der Waals surface area contributed by atoms with E-state index in [0.29, 0.717) is 16.5 Å². The summed E-state index contributed by atoms with van der Waals surface area (Å²) in [5, 5.41) is 3.23. The number of hydrogen-bond donors (Lipinski definition) is 1. The molecule has 0 aliphatic carbocycles. The molecule has 1 atom stereocenters. The molecule has 6 nitrogen and oxygen atoms in total. The Labute approximate surface area is 144 Å². The summed E-state index contributed by atoms with van der Waals surface area (Å²) in [6.07, 6.45) is 0.587. The summed E-state index contributed by atoms with van der Waals surface area (Å²) in [5.41, 5.74) is 0.841. The van der Waals surface area contributed by atoms with E-state index in [1.54, 1.807) is 30.3 Å². The molecule has 7 heteroatoms. The molecule has 0 aliphatic heterocycles. The summed E-state index contributed by atoms with van der Waals surface area (Å²) in [7, 11) is 0. The van der Waals surface area contributed by atoms with Gasteiger partial charge in [-0.05, 0) is 49.7 Å². The summed E-state index contributed by atoms with van der Waals surface area (Å²) in [5.74, 6) is 0.0671. The van der Waals surface area contributed by atoms with E-state index in [1.807, 2.05) is 6.92 Å². The molecule has 24 heavy (non-hydrogen) atoms. The Bertz CT molecular complexity index is 699. The second-order valence-electron chi connectivity index (χ2n) is 5.13. The van der Waals surface area contributed by atoms with Crippen molar-refractivity contribution in [2.75, 3.05) is 6.61 Å². The molecule has 0 radical (unpaired) electrons. The van der Waals surface area contributed by atoms with Gasteiger partial charge in [0.25, 0.3) is 5.91 Å². The maximum absolute atomic E-state index is 11.8. The molecule has 0 spiro atoms. The lowest BCUT2D eigenvalue weighted by Crippen LogP contribution is -2.36. The predicted molar refractivity (Wildman–Crippen MR) is 87.8 cm³/mol. The Morgan fingerprint density at radius 3 is 2.79 bits per heavy atom. The lowest BCUT2D eigenvalue weighted by Gasteiger charge is -2.13. The summed E-state index contributed by atoms with van der Waals surface area (Å²) < 4.78 is 15.4. The van der Waals surface area contributed by atoms with Crippen molar-refractivity contribution in [3.8, 4) is 5.75 Å². The quantitative estimate of drug-likeness (QED) is 0.776. The molecule has 0 unspecified atom stereocenters. The van der Waals surface area contributed by atoms with Gasteiger partial charge in [-0.25, -0.2) is 4.79 Å². The number of ether oxygens (including phenoxy) is 2. The highest BCUT2D eigenvalue weighted by atomic mass is 35.5. The lowest BCUT2D eigenvalue weighted by atomic mass is 10.2. The van der Waals surface area contributed by atoms with Gasteiger partial charge in [0, 0.05) is 5.02 Å². The molecular formula is C17H18ClNO5. The zero-order valence-electron chi connectivity index (χ0n) is 13.4. The monoisotopic (exact) mass is 351 g/mol. The fourth-order valence-electron chi connectivity index (χ4n) is 1.87. The molecule has 1 aromatic heterocycles. The average molecular weight is 352 g/mol. The number of carbonyl (C=O) groups excluding carboxylic acids is 2. The van der Waals surface area contributed by atoms with Crippen LogP contribution in [0.2, 0.25) is 5.02 Å². The molecule has 2 rings (SSSR count). The minimum Gasteiger partial charge on any atom is -0.482 e. The normalized spacial score (nSPS) is 11.6. The number of hydrogen-bond acceptors (Lipinski definition) is 5. The molecule has 1 amide bonds. The second kappa shape index (κ2) is 8.40. The van der Waals surface area contributed by atoms with Crippen molar-refractivity contribution in [2.24, 2.45) is 0 Å². The Morgan fingerprint density at radius 1 is 1.33 bits per heavy atom. The predicted octanol–water partition coefficient (Wildman–Crippen LogP) is 2.87. The smallest absolute Gasteiger partial charge is 0.344 e. The van der Waals surface area contributed by atoms with E-state index < -0.39 is 18.0 Å². The van der Waals surface area contributed by atoms with Crippen LogP contribution in [0.3, 0.4) is 0 Å². The Morgan fingerprint density at radius 2 is 2.12 bits per heavy atom. The molecule has 0 fully saturated rings. The van der Waals surface area contributed by atoms with Crippen LogP contribution in [-0.4, -0.2) is 24.6 Å². The van der Waals surface area contributed by atoms with Crippen LogP contribution in [-0.2, 0) is 20.9 Å². The van der Waals surface area contributed by atoms with Crippen molar-refractivity contribution < 1.29 is 23.5 Å². The minimum absolute atomic E-state index is 0.230. The molecule has 1 heterocycles. The Hall–Kier alpha value is -2.47. The van der Waals surface area contributed by atoms with Gasteiger partial charge in [-0.1, -0.05) is 11.6 Å². The number of furan rings is 1. The minimum atomic E-state index is -0.928. The van der Waals surface area contributed by atoms with Crippen LogP contribution in [0.5, 0.6) is 5.75 Å². The first-order valence-corrected chi connectivity index (χ1v) is 7.72. The van der Waals surface area contributed by atoms with Gasteiger partial charge in [-0.3, -0.25) is 4.79 Å². The first-order valence-electron chi connectivity index (χ1n) is 7.34. The van der Waals surface area contributed by atoms with Crippen molar-refractivity contribution >= 4 is 23.5 Å². The van der Waals surface area contributed by atoms with E-state index in [2.05, 4.69) is 5.32 Å². The number of rotatable bonds is 7. The fourth-order valence-corrected chi connectivity index (χ4v) is 1.98. The number of esters is 1. The highest BCUT2D eigenvalue weighted by molar-refractivity contribution is 6.31. The Kier molecular flexibility index (Phi) is 6.26. The van der Waals surface area contributed by atoms with Gasteiger partial charge in [0.2, 0.25) is 0 Å². The van der Waals surface area contributed by atoms with Crippen molar-refractivity contribution in [3.05, 3.63) is 52.9 Å². The maximum Gasteiger partial charge on any atom is 0.344 e. The number of halogens is 1. The number of nitrogens with one attached hydrogen (secondary N) is 1. The fraction of sp³-hybridized carbons (Fsp3) is 0.294. The van der Waals surface area contributed by atoms with E-state index in [1.165, 1.54) is 13.2 Å². The van der Waals surface area contributed by atoms with Crippen LogP contribution in [0.4, 0.5) is 0 Å². The molecular weight excluding hydrogens is 334 g/mol. The third kappa shape index (κ3) is 5.31. The molecule has 0 aliphatic rings. The Balaban J connectivity index is 1.74. The molecule has 1 N–H and O–H groups in total. The van der Waals surface area contributed by atoms with Gasteiger partial charge < -0.3 is 19.2 Å². The van der Waals surface area contributed by atoms with Crippen LogP contribution < -0.4 is 10.1 Å². The van der Waals surface area contributed by atoms with Crippen LogP contribution in [0.1, 0.15) is 18.2 Å². The van der Waals surface area contributed by atoms with E-state index in [9.17, 15) is 9.59 Å². The number of benzene rings is 1. The standard InChI is InChI=1S/C17H18ClNO5/c1-11-8-13(5-6-15(11)18)23-10-16(20)24-12(2)17(21)19-9-14-4-3-7-22-14/h3-8,12H,9-10H2,1-2H3,(H,19,21)/t12-/m1/s1. The van der Waals surface area contributed by atoms with E-state index in [0.717, 1.165) is 5.56 Å². The van der Waals surface area contributed by atoms with Crippen LogP contribution in [0, 0.1) is 6.92 Å². The summed E-state index contributed by atoms with van der Waals surface area (Å²) in [4.78, 5) is 23.6. The zero-order chi connectivity index (χ0) is 17.5. The van der Waals surface area contributed by atoms with Crippen LogP contribution in [0.25, 0.3) is 0 Å². The third-order valence-corrected chi connectivity index (χ3v) is 3.60. The SMILES string of the molecule is Cc1cc(OCC(=O)O[C@H](C)C(=O)NCc2ccco2)ccc1Cl. The van der Waals surface area contributed by atoms with Crippen molar-refractivity contribution in [1.82, 2.24) is 5.32 Å². The first kappa shape index (κ1) is 17.9.